The van der Waals surface area contributed by atoms with Gasteiger partial charge >= 0.3 is 0 Å². The van der Waals surface area contributed by atoms with Crippen LogP contribution in [0.25, 0.3) is 0 Å². The lowest BCUT2D eigenvalue weighted by Gasteiger charge is -2.28. The first-order chi connectivity index (χ1) is 7.88. The molecule has 4 N–H and O–H groups in total. The zero-order chi connectivity index (χ0) is 12.5. The SMILES string of the molecule is CC1(N)C=CC2=C(C=C1)CC(C)(N)COCC2. The monoisotopic (exact) mass is 234 g/mol. The van der Waals surface area contributed by atoms with Gasteiger partial charge in [-0.3, -0.25) is 0 Å². The Balaban J connectivity index is 2.33. The Bertz CT molecular complexity index is 389. The van der Waals surface area contributed by atoms with Gasteiger partial charge in [-0.25, -0.2) is 0 Å². The van der Waals surface area contributed by atoms with Gasteiger partial charge < -0.3 is 16.2 Å². The third kappa shape index (κ3) is 3.28. The number of rotatable bonds is 0. The number of hydrogen-bond donors (Lipinski definition) is 2. The maximum Gasteiger partial charge on any atom is 0.0646 e. The van der Waals surface area contributed by atoms with E-state index in [4.69, 9.17) is 16.2 Å². The van der Waals surface area contributed by atoms with Crippen LogP contribution in [-0.4, -0.2) is 24.3 Å². The van der Waals surface area contributed by atoms with E-state index in [-0.39, 0.29) is 11.1 Å². The lowest BCUT2D eigenvalue weighted by atomic mass is 9.90. The Labute approximate surface area is 103 Å². The Kier molecular flexibility index (Phi) is 3.25. The van der Waals surface area contributed by atoms with E-state index in [9.17, 15) is 0 Å². The van der Waals surface area contributed by atoms with Gasteiger partial charge in [0.15, 0.2) is 0 Å². The highest BCUT2D eigenvalue weighted by atomic mass is 16.5. The van der Waals surface area contributed by atoms with Crippen molar-refractivity contribution < 1.29 is 4.74 Å². The molecule has 94 valence electrons. The van der Waals surface area contributed by atoms with E-state index in [0.717, 1.165) is 19.4 Å². The Hall–Kier alpha value is -0.900. The third-order valence-electron chi connectivity index (χ3n) is 3.24. The minimum Gasteiger partial charge on any atom is -0.379 e. The van der Waals surface area contributed by atoms with Crippen LogP contribution in [-0.2, 0) is 4.74 Å². The fourth-order valence-corrected chi connectivity index (χ4v) is 2.22. The molecule has 2 rings (SSSR count). The molecule has 0 bridgehead atoms. The number of nitrogens with two attached hydrogens (primary N) is 2. The quantitative estimate of drug-likeness (QED) is 0.670. The first-order valence-electron chi connectivity index (χ1n) is 6.14. The Morgan fingerprint density at radius 3 is 2.47 bits per heavy atom. The van der Waals surface area contributed by atoms with Crippen molar-refractivity contribution >= 4 is 0 Å². The van der Waals surface area contributed by atoms with Crippen LogP contribution in [0.3, 0.4) is 0 Å². The predicted octanol–water partition coefficient (Wildman–Crippen LogP) is 1.65. The highest BCUT2D eigenvalue weighted by molar-refractivity contribution is 5.41. The summed E-state index contributed by atoms with van der Waals surface area (Å²) in [6, 6.07) is 0. The maximum atomic E-state index is 6.22. The molecule has 0 saturated heterocycles. The number of ether oxygens (including phenoxy) is 1. The second-order valence-corrected chi connectivity index (χ2v) is 5.72. The van der Waals surface area contributed by atoms with Gasteiger partial charge in [0.05, 0.1) is 18.8 Å². The highest BCUT2D eigenvalue weighted by Gasteiger charge is 2.24. The van der Waals surface area contributed by atoms with Gasteiger partial charge in [-0.15, -0.1) is 0 Å². The Morgan fingerprint density at radius 1 is 1.12 bits per heavy atom. The van der Waals surface area contributed by atoms with Gasteiger partial charge in [-0.05, 0) is 37.8 Å². The van der Waals surface area contributed by atoms with E-state index in [2.05, 4.69) is 12.2 Å². The molecule has 0 fully saturated rings. The van der Waals surface area contributed by atoms with Crippen molar-refractivity contribution in [2.75, 3.05) is 13.2 Å². The summed E-state index contributed by atoms with van der Waals surface area (Å²) in [6.07, 6.45) is 10.1. The zero-order valence-electron chi connectivity index (χ0n) is 10.7. The normalized spacial score (nSPS) is 38.4. The summed E-state index contributed by atoms with van der Waals surface area (Å²) in [7, 11) is 0. The van der Waals surface area contributed by atoms with E-state index in [1.54, 1.807) is 0 Å². The van der Waals surface area contributed by atoms with E-state index in [0.29, 0.717) is 6.61 Å². The fourth-order valence-electron chi connectivity index (χ4n) is 2.22. The summed E-state index contributed by atoms with van der Waals surface area (Å²) in [5.41, 5.74) is 14.3. The second-order valence-electron chi connectivity index (χ2n) is 5.72. The van der Waals surface area contributed by atoms with Gasteiger partial charge in [0.25, 0.3) is 0 Å². The van der Waals surface area contributed by atoms with Gasteiger partial charge in [0, 0.05) is 5.54 Å². The first-order valence-corrected chi connectivity index (χ1v) is 6.14. The van der Waals surface area contributed by atoms with Crippen LogP contribution in [0, 0.1) is 0 Å². The second kappa shape index (κ2) is 4.41. The van der Waals surface area contributed by atoms with E-state index < -0.39 is 0 Å². The molecule has 17 heavy (non-hydrogen) atoms. The van der Waals surface area contributed by atoms with Crippen LogP contribution in [0.1, 0.15) is 26.7 Å². The summed E-state index contributed by atoms with van der Waals surface area (Å²) in [4.78, 5) is 0. The molecule has 0 amide bonds. The molecule has 0 aromatic heterocycles. The van der Waals surface area contributed by atoms with Crippen LogP contribution in [0.4, 0.5) is 0 Å². The Morgan fingerprint density at radius 2 is 1.76 bits per heavy atom. The van der Waals surface area contributed by atoms with Crippen molar-refractivity contribution in [1.82, 2.24) is 0 Å². The van der Waals surface area contributed by atoms with E-state index in [1.165, 1.54) is 11.1 Å². The van der Waals surface area contributed by atoms with Crippen molar-refractivity contribution in [3.8, 4) is 0 Å². The van der Waals surface area contributed by atoms with Crippen LogP contribution in [0.5, 0.6) is 0 Å². The van der Waals surface area contributed by atoms with E-state index >= 15 is 0 Å². The minimum atomic E-state index is -0.368. The minimum absolute atomic E-state index is 0.297. The number of hydrogen-bond acceptors (Lipinski definition) is 3. The lowest BCUT2D eigenvalue weighted by Crippen LogP contribution is -2.42. The largest absolute Gasteiger partial charge is 0.379 e. The van der Waals surface area contributed by atoms with Crippen LogP contribution in [0.15, 0.2) is 35.5 Å². The van der Waals surface area contributed by atoms with Crippen molar-refractivity contribution in [1.29, 1.82) is 0 Å². The van der Waals surface area contributed by atoms with Gasteiger partial charge in [-0.1, -0.05) is 24.3 Å². The molecule has 0 aromatic rings. The lowest BCUT2D eigenvalue weighted by molar-refractivity contribution is 0.0900. The van der Waals surface area contributed by atoms with Crippen molar-refractivity contribution in [3.63, 3.8) is 0 Å². The molecule has 1 heterocycles. The topological polar surface area (TPSA) is 61.3 Å². The average molecular weight is 234 g/mol. The standard InChI is InChI=1S/C14H22N2O/c1-13(15)6-3-11-5-8-17-10-14(2,16)9-12(11)4-7-13/h3-4,6-7H,5,8-10,15-16H2,1-2H3. The summed E-state index contributed by atoms with van der Waals surface area (Å²) in [5, 5.41) is 0. The maximum absolute atomic E-state index is 6.22. The third-order valence-corrected chi connectivity index (χ3v) is 3.24. The molecule has 2 unspecified atom stereocenters. The molecule has 0 radical (unpaired) electrons. The molecule has 2 aliphatic rings. The first kappa shape index (κ1) is 12.6. The van der Waals surface area contributed by atoms with E-state index in [1.807, 2.05) is 26.0 Å². The van der Waals surface area contributed by atoms with Crippen molar-refractivity contribution in [2.24, 2.45) is 11.5 Å². The van der Waals surface area contributed by atoms with Crippen molar-refractivity contribution in [2.45, 2.75) is 37.8 Å². The number of allylic oxidation sites excluding steroid dienone is 2. The molecule has 0 spiro atoms. The van der Waals surface area contributed by atoms with Crippen LogP contribution < -0.4 is 11.5 Å². The molecule has 2 atom stereocenters. The molecular formula is C14H22N2O. The molecule has 0 aromatic carbocycles. The molecule has 1 aliphatic heterocycles. The summed E-state index contributed by atoms with van der Waals surface area (Å²) < 4.78 is 5.58. The predicted molar refractivity (Wildman–Crippen MR) is 70.5 cm³/mol. The summed E-state index contributed by atoms with van der Waals surface area (Å²) in [6.45, 7) is 5.37. The molecule has 1 aliphatic carbocycles. The highest BCUT2D eigenvalue weighted by Crippen LogP contribution is 2.27. The van der Waals surface area contributed by atoms with Gasteiger partial charge in [0.1, 0.15) is 0 Å². The molecular weight excluding hydrogens is 212 g/mol. The summed E-state index contributed by atoms with van der Waals surface area (Å²) >= 11 is 0. The van der Waals surface area contributed by atoms with Gasteiger partial charge in [-0.2, -0.15) is 0 Å². The smallest absolute Gasteiger partial charge is 0.0646 e. The van der Waals surface area contributed by atoms with Gasteiger partial charge in [0.2, 0.25) is 0 Å². The fraction of sp³-hybridized carbons (Fsp3) is 0.571. The zero-order valence-corrected chi connectivity index (χ0v) is 10.7. The average Bonchev–Trinajstić information content (AvgIpc) is 2.32. The molecule has 3 heteroatoms. The van der Waals surface area contributed by atoms with Crippen LogP contribution >= 0.6 is 0 Å². The molecule has 3 nitrogen and oxygen atoms in total. The van der Waals surface area contributed by atoms with Crippen LogP contribution in [0.2, 0.25) is 0 Å². The summed E-state index contributed by atoms with van der Waals surface area (Å²) in [5.74, 6) is 0. The molecule has 0 saturated carbocycles. The van der Waals surface area contributed by atoms with Crippen molar-refractivity contribution in [3.05, 3.63) is 35.5 Å².